The van der Waals surface area contributed by atoms with Crippen molar-refractivity contribution >= 4 is 22.4 Å². The van der Waals surface area contributed by atoms with Gasteiger partial charge < -0.3 is 13.9 Å². The standard InChI is InChI=1S/C18H14N2O4S/c1-22-14-6-4-11(8-16(14)23-2)17-19-13(9-25-17)10-3-5-12-15(7-10)24-18(21)20-12/h3-9H,1-2H3,(H,20,21). The van der Waals surface area contributed by atoms with Gasteiger partial charge in [0, 0.05) is 16.5 Å². The molecule has 126 valence electrons. The average Bonchev–Trinajstić information content (AvgIpc) is 3.26. The summed E-state index contributed by atoms with van der Waals surface area (Å²) in [6.07, 6.45) is 0. The number of methoxy groups -OCH3 is 2. The van der Waals surface area contributed by atoms with Crippen molar-refractivity contribution in [3.8, 4) is 33.3 Å². The van der Waals surface area contributed by atoms with Crippen molar-refractivity contribution in [2.45, 2.75) is 0 Å². The van der Waals surface area contributed by atoms with Crippen LogP contribution >= 0.6 is 11.3 Å². The summed E-state index contributed by atoms with van der Waals surface area (Å²) >= 11 is 1.53. The minimum atomic E-state index is -0.462. The number of nitrogens with one attached hydrogen (secondary N) is 1. The lowest BCUT2D eigenvalue weighted by molar-refractivity contribution is 0.355. The van der Waals surface area contributed by atoms with Crippen molar-refractivity contribution in [2.75, 3.05) is 14.2 Å². The van der Waals surface area contributed by atoms with Gasteiger partial charge in [-0.2, -0.15) is 0 Å². The maximum absolute atomic E-state index is 11.3. The predicted molar refractivity (Wildman–Crippen MR) is 96.5 cm³/mol. The lowest BCUT2D eigenvalue weighted by Gasteiger charge is -2.08. The summed E-state index contributed by atoms with van der Waals surface area (Å²) in [5, 5.41) is 2.84. The molecule has 0 saturated heterocycles. The Hall–Kier alpha value is -3.06. The summed E-state index contributed by atoms with van der Waals surface area (Å²) in [6, 6.07) is 11.2. The number of aromatic amines is 1. The first-order chi connectivity index (χ1) is 12.2. The zero-order valence-corrected chi connectivity index (χ0v) is 14.3. The fourth-order valence-electron chi connectivity index (χ4n) is 2.61. The molecule has 0 amide bonds. The van der Waals surface area contributed by atoms with Crippen LogP contribution in [0.25, 0.3) is 32.9 Å². The third-order valence-electron chi connectivity index (χ3n) is 3.85. The first-order valence-corrected chi connectivity index (χ1v) is 8.37. The fourth-order valence-corrected chi connectivity index (χ4v) is 3.44. The van der Waals surface area contributed by atoms with Gasteiger partial charge >= 0.3 is 5.76 Å². The van der Waals surface area contributed by atoms with Crippen LogP contribution in [0.5, 0.6) is 11.5 Å². The van der Waals surface area contributed by atoms with E-state index in [4.69, 9.17) is 13.9 Å². The molecule has 2 aromatic carbocycles. The molecular formula is C18H14N2O4S. The maximum atomic E-state index is 11.3. The van der Waals surface area contributed by atoms with Crippen molar-refractivity contribution in [3.05, 3.63) is 52.3 Å². The molecule has 1 N–H and O–H groups in total. The van der Waals surface area contributed by atoms with Gasteiger partial charge in [-0.1, -0.05) is 6.07 Å². The minimum absolute atomic E-state index is 0.462. The quantitative estimate of drug-likeness (QED) is 0.601. The van der Waals surface area contributed by atoms with E-state index >= 15 is 0 Å². The van der Waals surface area contributed by atoms with Crippen LogP contribution < -0.4 is 15.2 Å². The first kappa shape index (κ1) is 15.5. The molecule has 4 rings (SSSR count). The van der Waals surface area contributed by atoms with Crippen LogP contribution in [0.4, 0.5) is 0 Å². The second kappa shape index (κ2) is 6.10. The largest absolute Gasteiger partial charge is 0.493 e. The van der Waals surface area contributed by atoms with Crippen molar-refractivity contribution in [1.29, 1.82) is 0 Å². The van der Waals surface area contributed by atoms with E-state index < -0.39 is 5.76 Å². The van der Waals surface area contributed by atoms with E-state index in [1.54, 1.807) is 20.3 Å². The molecule has 0 saturated carbocycles. The zero-order valence-electron chi connectivity index (χ0n) is 13.5. The number of benzene rings is 2. The van der Waals surface area contributed by atoms with Crippen LogP contribution in [0.15, 0.2) is 51.0 Å². The highest BCUT2D eigenvalue weighted by molar-refractivity contribution is 7.13. The Labute approximate surface area is 146 Å². The Balaban J connectivity index is 1.72. The monoisotopic (exact) mass is 354 g/mol. The second-order valence-electron chi connectivity index (χ2n) is 5.33. The van der Waals surface area contributed by atoms with Gasteiger partial charge in [-0.3, -0.25) is 4.98 Å². The Bertz CT molecular complexity index is 1110. The van der Waals surface area contributed by atoms with Crippen molar-refractivity contribution < 1.29 is 13.9 Å². The lowest BCUT2D eigenvalue weighted by atomic mass is 10.1. The average molecular weight is 354 g/mol. The van der Waals surface area contributed by atoms with E-state index in [9.17, 15) is 4.79 Å². The molecular weight excluding hydrogens is 340 g/mol. The summed E-state index contributed by atoms with van der Waals surface area (Å²) < 4.78 is 15.7. The summed E-state index contributed by atoms with van der Waals surface area (Å²) in [5.41, 5.74) is 3.84. The third-order valence-corrected chi connectivity index (χ3v) is 4.74. The van der Waals surface area contributed by atoms with Crippen molar-refractivity contribution in [2.24, 2.45) is 0 Å². The van der Waals surface area contributed by atoms with Gasteiger partial charge in [0.15, 0.2) is 17.1 Å². The van der Waals surface area contributed by atoms with E-state index in [0.717, 1.165) is 21.8 Å². The molecule has 0 atom stereocenters. The number of hydrogen-bond donors (Lipinski definition) is 1. The topological polar surface area (TPSA) is 77.4 Å². The molecule has 6 nitrogen and oxygen atoms in total. The number of aromatic nitrogens is 2. The molecule has 0 aliphatic heterocycles. The number of thiazole rings is 1. The molecule has 25 heavy (non-hydrogen) atoms. The van der Waals surface area contributed by atoms with Crippen LogP contribution in [0.2, 0.25) is 0 Å². The molecule has 0 aliphatic rings. The molecule has 0 radical (unpaired) electrons. The number of H-pyrrole nitrogens is 1. The summed E-state index contributed by atoms with van der Waals surface area (Å²) in [5.74, 6) is 0.875. The third kappa shape index (κ3) is 2.78. The highest BCUT2D eigenvalue weighted by Crippen LogP contribution is 2.35. The van der Waals surface area contributed by atoms with Gasteiger partial charge in [0.2, 0.25) is 0 Å². The maximum Gasteiger partial charge on any atom is 0.417 e. The van der Waals surface area contributed by atoms with E-state index in [-0.39, 0.29) is 0 Å². The van der Waals surface area contributed by atoms with Gasteiger partial charge in [-0.25, -0.2) is 9.78 Å². The zero-order chi connectivity index (χ0) is 17.4. The van der Waals surface area contributed by atoms with Gasteiger partial charge in [-0.15, -0.1) is 11.3 Å². The number of ether oxygens (including phenoxy) is 2. The Morgan fingerprint density at radius 3 is 2.64 bits per heavy atom. The number of fused-ring (bicyclic) bond motifs is 1. The fraction of sp³-hybridized carbons (Fsp3) is 0.111. The Kier molecular flexibility index (Phi) is 3.77. The van der Waals surface area contributed by atoms with Crippen LogP contribution in [0.1, 0.15) is 0 Å². The van der Waals surface area contributed by atoms with Crippen LogP contribution in [-0.4, -0.2) is 24.2 Å². The number of hydrogen-bond acceptors (Lipinski definition) is 6. The predicted octanol–water partition coefficient (Wildman–Crippen LogP) is 3.93. The Morgan fingerprint density at radius 1 is 1.04 bits per heavy atom. The van der Waals surface area contributed by atoms with Crippen LogP contribution in [-0.2, 0) is 0 Å². The lowest BCUT2D eigenvalue weighted by Crippen LogP contribution is -1.92. The molecule has 2 aromatic heterocycles. The van der Waals surface area contributed by atoms with Gasteiger partial charge in [-0.05, 0) is 30.3 Å². The van der Waals surface area contributed by atoms with Crippen molar-refractivity contribution in [3.63, 3.8) is 0 Å². The van der Waals surface area contributed by atoms with Gasteiger partial charge in [0.25, 0.3) is 0 Å². The summed E-state index contributed by atoms with van der Waals surface area (Å²) in [7, 11) is 3.21. The SMILES string of the molecule is COc1ccc(-c2nc(-c3ccc4[nH]c(=O)oc4c3)cs2)cc1OC. The molecule has 0 unspecified atom stereocenters. The van der Waals surface area contributed by atoms with Gasteiger partial charge in [0.05, 0.1) is 25.4 Å². The van der Waals surface area contributed by atoms with E-state index in [0.29, 0.717) is 22.6 Å². The normalized spacial score (nSPS) is 11.0. The van der Waals surface area contributed by atoms with Crippen LogP contribution in [0.3, 0.4) is 0 Å². The summed E-state index contributed by atoms with van der Waals surface area (Å²) in [6.45, 7) is 0. The van der Waals surface area contributed by atoms with E-state index in [2.05, 4.69) is 9.97 Å². The van der Waals surface area contributed by atoms with E-state index in [1.807, 2.05) is 35.7 Å². The Morgan fingerprint density at radius 2 is 1.84 bits per heavy atom. The van der Waals surface area contributed by atoms with E-state index in [1.165, 1.54) is 11.3 Å². The molecule has 7 heteroatoms. The highest BCUT2D eigenvalue weighted by atomic mass is 32.1. The van der Waals surface area contributed by atoms with Crippen molar-refractivity contribution in [1.82, 2.24) is 9.97 Å². The molecule has 0 spiro atoms. The minimum Gasteiger partial charge on any atom is -0.493 e. The molecule has 0 fully saturated rings. The highest BCUT2D eigenvalue weighted by Gasteiger charge is 2.11. The number of rotatable bonds is 4. The smallest absolute Gasteiger partial charge is 0.417 e. The second-order valence-corrected chi connectivity index (χ2v) is 6.19. The number of oxazole rings is 1. The number of nitrogens with zero attached hydrogens (tertiary/aromatic N) is 1. The molecule has 4 aromatic rings. The molecule has 0 bridgehead atoms. The molecule has 0 aliphatic carbocycles. The van der Waals surface area contributed by atoms with Crippen LogP contribution in [0, 0.1) is 0 Å². The first-order valence-electron chi connectivity index (χ1n) is 7.49. The van der Waals surface area contributed by atoms with Gasteiger partial charge in [0.1, 0.15) is 5.01 Å². The molecule has 2 heterocycles. The summed E-state index contributed by atoms with van der Waals surface area (Å²) in [4.78, 5) is 18.6.